The number of carbonyl (C=O) groups excluding carboxylic acids is 1. The fourth-order valence-corrected chi connectivity index (χ4v) is 5.50. The van der Waals surface area contributed by atoms with E-state index in [0.717, 1.165) is 64.1 Å². The van der Waals surface area contributed by atoms with Gasteiger partial charge in [-0.25, -0.2) is 13.6 Å². The third-order valence-electron chi connectivity index (χ3n) is 7.11. The average molecular weight is 489 g/mol. The van der Waals surface area contributed by atoms with Gasteiger partial charge in [0.1, 0.15) is 0 Å². The van der Waals surface area contributed by atoms with E-state index in [9.17, 15) is 13.6 Å². The van der Waals surface area contributed by atoms with Gasteiger partial charge in [-0.1, -0.05) is 29.3 Å². The Morgan fingerprint density at radius 3 is 2.31 bits per heavy atom. The molecule has 2 saturated carbocycles. The molecule has 0 aromatic heterocycles. The minimum Gasteiger partial charge on any atom is -0.368 e. The SMILES string of the molecule is O=C(NC1CC(F)(F)C1)N[C@H]1CC[C@H](CCN2CCN(c3cccc(Cl)c3Cl)CC2)CC1. The van der Waals surface area contributed by atoms with Crippen LogP contribution in [0.2, 0.25) is 10.0 Å². The van der Waals surface area contributed by atoms with Crippen LogP contribution in [-0.2, 0) is 0 Å². The molecule has 2 aliphatic carbocycles. The minimum atomic E-state index is -2.61. The third-order valence-corrected chi connectivity index (χ3v) is 7.91. The number of amides is 2. The fourth-order valence-electron chi connectivity index (χ4n) is 5.09. The molecule has 1 aromatic rings. The minimum absolute atomic E-state index is 0.151. The van der Waals surface area contributed by atoms with E-state index in [1.54, 1.807) is 0 Å². The Hall–Kier alpha value is -1.31. The molecule has 4 rings (SSSR count). The molecule has 0 bridgehead atoms. The Labute approximate surface area is 198 Å². The van der Waals surface area contributed by atoms with Crippen LogP contribution in [0.1, 0.15) is 44.9 Å². The second-order valence-corrected chi connectivity index (χ2v) is 10.3. The first-order valence-corrected chi connectivity index (χ1v) is 12.4. The molecule has 0 spiro atoms. The molecule has 32 heavy (non-hydrogen) atoms. The number of benzene rings is 1. The van der Waals surface area contributed by atoms with Crippen molar-refractivity contribution in [2.45, 2.75) is 63.0 Å². The highest BCUT2D eigenvalue weighted by molar-refractivity contribution is 6.43. The van der Waals surface area contributed by atoms with Gasteiger partial charge < -0.3 is 15.5 Å². The second kappa shape index (κ2) is 10.3. The molecule has 0 unspecified atom stereocenters. The summed E-state index contributed by atoms with van der Waals surface area (Å²) in [7, 11) is 0. The molecule has 1 aliphatic heterocycles. The number of alkyl halides is 2. The largest absolute Gasteiger partial charge is 0.368 e. The van der Waals surface area contributed by atoms with Gasteiger partial charge in [-0.3, -0.25) is 4.90 Å². The lowest BCUT2D eigenvalue weighted by molar-refractivity contribution is -0.0897. The van der Waals surface area contributed by atoms with E-state index in [4.69, 9.17) is 23.2 Å². The number of rotatable bonds is 6. The molecule has 2 N–H and O–H groups in total. The van der Waals surface area contributed by atoms with Crippen molar-refractivity contribution < 1.29 is 13.6 Å². The Bertz CT molecular complexity index is 788. The van der Waals surface area contributed by atoms with Crippen LogP contribution in [0.5, 0.6) is 0 Å². The van der Waals surface area contributed by atoms with E-state index >= 15 is 0 Å². The molecule has 178 valence electrons. The molecule has 0 atom stereocenters. The number of carbonyl (C=O) groups is 1. The van der Waals surface area contributed by atoms with Gasteiger partial charge in [0.15, 0.2) is 0 Å². The van der Waals surface area contributed by atoms with E-state index < -0.39 is 12.0 Å². The second-order valence-electron chi connectivity index (χ2n) is 9.49. The zero-order chi connectivity index (χ0) is 22.7. The lowest BCUT2D eigenvalue weighted by Gasteiger charge is -2.38. The van der Waals surface area contributed by atoms with Crippen molar-refractivity contribution in [3.05, 3.63) is 28.2 Å². The zero-order valence-corrected chi connectivity index (χ0v) is 19.8. The Kier molecular flexibility index (Phi) is 7.68. The van der Waals surface area contributed by atoms with Gasteiger partial charge in [0.25, 0.3) is 5.92 Å². The van der Waals surface area contributed by atoms with Crippen molar-refractivity contribution in [2.24, 2.45) is 5.92 Å². The van der Waals surface area contributed by atoms with Gasteiger partial charge in [-0.2, -0.15) is 0 Å². The van der Waals surface area contributed by atoms with E-state index in [2.05, 4.69) is 20.4 Å². The quantitative estimate of drug-likeness (QED) is 0.581. The number of nitrogens with one attached hydrogen (secondary N) is 2. The summed E-state index contributed by atoms with van der Waals surface area (Å²) in [6.45, 7) is 5.01. The predicted octanol–water partition coefficient (Wildman–Crippen LogP) is 5.16. The summed E-state index contributed by atoms with van der Waals surface area (Å²) in [6, 6.07) is 5.24. The molecule has 5 nitrogen and oxygen atoms in total. The topological polar surface area (TPSA) is 47.6 Å². The maximum absolute atomic E-state index is 12.9. The van der Waals surface area contributed by atoms with Gasteiger partial charge in [0.2, 0.25) is 0 Å². The van der Waals surface area contributed by atoms with Gasteiger partial charge in [-0.05, 0) is 56.7 Å². The van der Waals surface area contributed by atoms with Crippen molar-refractivity contribution in [1.29, 1.82) is 0 Å². The number of halogens is 4. The van der Waals surface area contributed by atoms with Crippen LogP contribution >= 0.6 is 23.2 Å². The first kappa shape index (κ1) is 23.8. The average Bonchev–Trinajstić information content (AvgIpc) is 2.74. The molecule has 1 aromatic carbocycles. The third kappa shape index (κ3) is 6.17. The monoisotopic (exact) mass is 488 g/mol. The van der Waals surface area contributed by atoms with E-state index in [1.807, 2.05) is 18.2 Å². The van der Waals surface area contributed by atoms with Crippen molar-refractivity contribution in [3.8, 4) is 0 Å². The van der Waals surface area contributed by atoms with Gasteiger partial charge in [-0.15, -0.1) is 0 Å². The number of hydrogen-bond acceptors (Lipinski definition) is 3. The van der Waals surface area contributed by atoms with Crippen molar-refractivity contribution >= 4 is 34.9 Å². The van der Waals surface area contributed by atoms with Crippen molar-refractivity contribution in [1.82, 2.24) is 15.5 Å². The summed E-state index contributed by atoms with van der Waals surface area (Å²) in [5, 5.41) is 6.86. The Balaban J connectivity index is 1.10. The molecule has 3 aliphatic rings. The number of nitrogens with zero attached hydrogens (tertiary/aromatic N) is 2. The van der Waals surface area contributed by atoms with E-state index in [0.29, 0.717) is 16.0 Å². The van der Waals surface area contributed by atoms with E-state index in [-0.39, 0.29) is 24.9 Å². The number of hydrogen-bond donors (Lipinski definition) is 2. The van der Waals surface area contributed by atoms with Crippen LogP contribution in [0.3, 0.4) is 0 Å². The van der Waals surface area contributed by atoms with E-state index in [1.165, 1.54) is 6.42 Å². The molecule has 2 amide bonds. The molecule has 3 fully saturated rings. The fraction of sp³-hybridized carbons (Fsp3) is 0.696. The molecule has 1 heterocycles. The van der Waals surface area contributed by atoms with Crippen LogP contribution in [0.4, 0.5) is 19.3 Å². The smallest absolute Gasteiger partial charge is 0.315 e. The highest BCUT2D eigenvalue weighted by Gasteiger charge is 2.46. The van der Waals surface area contributed by atoms with Crippen LogP contribution in [0.15, 0.2) is 18.2 Å². The summed E-state index contributed by atoms with van der Waals surface area (Å²) in [5.74, 6) is -1.92. The highest BCUT2D eigenvalue weighted by atomic mass is 35.5. The first-order chi connectivity index (χ1) is 15.3. The molecule has 1 saturated heterocycles. The summed E-state index contributed by atoms with van der Waals surface area (Å²) >= 11 is 12.5. The summed E-state index contributed by atoms with van der Waals surface area (Å²) < 4.78 is 25.8. The van der Waals surface area contributed by atoms with Gasteiger partial charge in [0.05, 0.1) is 15.7 Å². The summed E-state index contributed by atoms with van der Waals surface area (Å²) in [6.07, 6.45) is 4.81. The van der Waals surface area contributed by atoms with Gasteiger partial charge in [0, 0.05) is 51.1 Å². The molecular weight excluding hydrogens is 457 g/mol. The Morgan fingerprint density at radius 1 is 1.00 bits per heavy atom. The molecular formula is C23H32Cl2F2N4O. The molecule has 0 radical (unpaired) electrons. The first-order valence-electron chi connectivity index (χ1n) is 11.7. The Morgan fingerprint density at radius 2 is 1.66 bits per heavy atom. The maximum atomic E-state index is 12.9. The molecule has 9 heteroatoms. The van der Waals surface area contributed by atoms with Crippen LogP contribution in [-0.4, -0.2) is 61.7 Å². The van der Waals surface area contributed by atoms with Crippen molar-refractivity contribution in [3.63, 3.8) is 0 Å². The number of urea groups is 1. The van der Waals surface area contributed by atoms with Crippen molar-refractivity contribution in [2.75, 3.05) is 37.6 Å². The van der Waals surface area contributed by atoms with Crippen LogP contribution in [0.25, 0.3) is 0 Å². The predicted molar refractivity (Wildman–Crippen MR) is 125 cm³/mol. The van der Waals surface area contributed by atoms with Crippen LogP contribution in [0, 0.1) is 5.92 Å². The highest BCUT2D eigenvalue weighted by Crippen LogP contribution is 2.37. The number of piperazine rings is 1. The van der Waals surface area contributed by atoms with Gasteiger partial charge >= 0.3 is 6.03 Å². The maximum Gasteiger partial charge on any atom is 0.315 e. The standard InChI is InChI=1S/C23H32Cl2F2N4O/c24-19-2-1-3-20(21(19)25)31-12-10-30(11-13-31)9-8-16-4-6-17(7-5-16)28-22(32)29-18-14-23(26,27)15-18/h1-3,16-18H,4-15H2,(H2,28,29,32)/t16-,17-. The lowest BCUT2D eigenvalue weighted by atomic mass is 9.84. The summed E-state index contributed by atoms with van der Waals surface area (Å²) in [4.78, 5) is 16.8. The normalized spacial score (nSPS) is 26.4. The summed E-state index contributed by atoms with van der Waals surface area (Å²) in [5.41, 5.74) is 1.01. The van der Waals surface area contributed by atoms with Crippen LogP contribution < -0.4 is 15.5 Å². The lowest BCUT2D eigenvalue weighted by Crippen LogP contribution is -2.54. The zero-order valence-electron chi connectivity index (χ0n) is 18.3. The number of anilines is 1.